The molecule has 3 atom stereocenters. The third-order valence-electron chi connectivity index (χ3n) is 4.93. The number of amides is 1. The van der Waals surface area contributed by atoms with E-state index in [0.717, 1.165) is 19.6 Å². The molecule has 1 saturated carbocycles. The maximum absolute atomic E-state index is 11.8. The molecule has 0 radical (unpaired) electrons. The highest BCUT2D eigenvalue weighted by molar-refractivity contribution is 5.79. The number of nitrogens with one attached hydrogen (secondary N) is 2. The van der Waals surface area contributed by atoms with Crippen LogP contribution in [0.3, 0.4) is 0 Å². The molecule has 3 unspecified atom stereocenters. The van der Waals surface area contributed by atoms with E-state index in [1.165, 1.54) is 32.1 Å². The number of rotatable bonds is 2. The zero-order chi connectivity index (χ0) is 12.6. The first-order chi connectivity index (χ1) is 8.66. The highest BCUT2D eigenvalue weighted by atomic mass is 16.2. The molecule has 2 aliphatic heterocycles. The summed E-state index contributed by atoms with van der Waals surface area (Å²) in [5.74, 6) is 0.229. The van der Waals surface area contributed by atoms with Crippen molar-refractivity contribution in [3.05, 3.63) is 0 Å². The number of piperazine rings is 1. The topological polar surface area (TPSA) is 44.4 Å². The van der Waals surface area contributed by atoms with Crippen LogP contribution < -0.4 is 10.6 Å². The molecule has 18 heavy (non-hydrogen) atoms. The van der Waals surface area contributed by atoms with Crippen molar-refractivity contribution in [2.45, 2.75) is 51.1 Å². The van der Waals surface area contributed by atoms with Crippen LogP contribution in [0.4, 0.5) is 0 Å². The van der Waals surface area contributed by atoms with Gasteiger partial charge in [-0.2, -0.15) is 0 Å². The summed E-state index contributed by atoms with van der Waals surface area (Å²) in [6.07, 6.45) is 6.26. The third kappa shape index (κ3) is 2.41. The van der Waals surface area contributed by atoms with Crippen LogP contribution >= 0.6 is 0 Å². The molecule has 3 rings (SSSR count). The summed E-state index contributed by atoms with van der Waals surface area (Å²) in [7, 11) is 0. The van der Waals surface area contributed by atoms with Gasteiger partial charge in [0.25, 0.3) is 0 Å². The average Bonchev–Trinajstić information content (AvgIpc) is 2.75. The first-order valence-electron chi connectivity index (χ1n) is 7.40. The first-order valence-corrected chi connectivity index (χ1v) is 7.40. The number of fused-ring (bicyclic) bond motifs is 1. The van der Waals surface area contributed by atoms with Crippen LogP contribution in [0, 0.1) is 5.41 Å². The quantitative estimate of drug-likeness (QED) is 0.760. The van der Waals surface area contributed by atoms with Crippen LogP contribution in [0.15, 0.2) is 0 Å². The summed E-state index contributed by atoms with van der Waals surface area (Å²) in [5.41, 5.74) is 0.361. The van der Waals surface area contributed by atoms with Crippen molar-refractivity contribution in [3.63, 3.8) is 0 Å². The van der Waals surface area contributed by atoms with Gasteiger partial charge in [0.2, 0.25) is 5.91 Å². The van der Waals surface area contributed by atoms with Gasteiger partial charge in [-0.15, -0.1) is 0 Å². The van der Waals surface area contributed by atoms with Crippen molar-refractivity contribution in [1.82, 2.24) is 15.5 Å². The molecular weight excluding hydrogens is 226 g/mol. The van der Waals surface area contributed by atoms with Crippen molar-refractivity contribution >= 4 is 5.91 Å². The second-order valence-electron chi connectivity index (χ2n) is 6.67. The Labute approximate surface area is 109 Å². The Balaban J connectivity index is 1.70. The van der Waals surface area contributed by atoms with Gasteiger partial charge in [-0.05, 0) is 31.2 Å². The lowest BCUT2D eigenvalue weighted by Gasteiger charge is -2.46. The van der Waals surface area contributed by atoms with Crippen LogP contribution in [0.1, 0.15) is 39.0 Å². The summed E-state index contributed by atoms with van der Waals surface area (Å²) >= 11 is 0. The van der Waals surface area contributed by atoms with E-state index in [2.05, 4.69) is 22.5 Å². The fourth-order valence-electron chi connectivity index (χ4n) is 3.94. The van der Waals surface area contributed by atoms with Crippen LogP contribution in [-0.2, 0) is 4.79 Å². The fourth-order valence-corrected chi connectivity index (χ4v) is 3.94. The zero-order valence-electron chi connectivity index (χ0n) is 11.4. The van der Waals surface area contributed by atoms with Gasteiger partial charge in [-0.25, -0.2) is 0 Å². The lowest BCUT2D eigenvalue weighted by Crippen LogP contribution is -2.63. The van der Waals surface area contributed by atoms with E-state index >= 15 is 0 Å². The Morgan fingerprint density at radius 2 is 2.22 bits per heavy atom. The van der Waals surface area contributed by atoms with E-state index in [9.17, 15) is 4.79 Å². The Morgan fingerprint density at radius 3 is 3.00 bits per heavy atom. The predicted octanol–water partition coefficient (Wildman–Crippen LogP) is 0.729. The number of carbonyl (C=O) groups excluding carboxylic acids is 1. The molecule has 3 aliphatic rings. The lowest BCUT2D eigenvalue weighted by molar-refractivity contribution is -0.129. The van der Waals surface area contributed by atoms with Crippen molar-refractivity contribution in [3.8, 4) is 0 Å². The summed E-state index contributed by atoms with van der Waals surface area (Å²) < 4.78 is 0. The molecule has 2 saturated heterocycles. The Bertz CT molecular complexity index is 325. The van der Waals surface area contributed by atoms with Gasteiger partial charge in [0.05, 0.1) is 6.54 Å². The minimum atomic E-state index is 0.229. The first kappa shape index (κ1) is 12.4. The lowest BCUT2D eigenvalue weighted by atomic mass is 9.83. The van der Waals surface area contributed by atoms with E-state index < -0.39 is 0 Å². The van der Waals surface area contributed by atoms with Crippen molar-refractivity contribution in [2.24, 2.45) is 5.41 Å². The largest absolute Gasteiger partial charge is 0.351 e. The van der Waals surface area contributed by atoms with Gasteiger partial charge in [0.1, 0.15) is 0 Å². The molecule has 0 aromatic carbocycles. The summed E-state index contributed by atoms with van der Waals surface area (Å²) in [4.78, 5) is 14.3. The molecule has 0 spiro atoms. The summed E-state index contributed by atoms with van der Waals surface area (Å²) in [6.45, 7) is 6.27. The molecular formula is C14H25N3O. The molecule has 0 aromatic heterocycles. The maximum Gasteiger partial charge on any atom is 0.234 e. The standard InChI is InChI=1S/C14H25N3O/c1-14(6-7-15-9-14)10-17-8-13(18)16-11-4-2-3-5-12(11)17/h11-12,15H,2-10H2,1H3,(H,16,18). The smallest absolute Gasteiger partial charge is 0.234 e. The molecule has 2 heterocycles. The van der Waals surface area contributed by atoms with E-state index in [0.29, 0.717) is 24.0 Å². The minimum absolute atomic E-state index is 0.229. The van der Waals surface area contributed by atoms with Crippen LogP contribution in [0.5, 0.6) is 0 Å². The molecule has 2 N–H and O–H groups in total. The van der Waals surface area contributed by atoms with Crippen LogP contribution in [-0.4, -0.2) is 49.1 Å². The van der Waals surface area contributed by atoms with Gasteiger partial charge >= 0.3 is 0 Å². The van der Waals surface area contributed by atoms with Crippen molar-refractivity contribution < 1.29 is 4.79 Å². The molecule has 4 nitrogen and oxygen atoms in total. The Kier molecular flexibility index (Phi) is 3.32. The number of carbonyl (C=O) groups is 1. The summed E-state index contributed by atoms with van der Waals surface area (Å²) in [5, 5.41) is 6.65. The van der Waals surface area contributed by atoms with Crippen LogP contribution in [0.25, 0.3) is 0 Å². The average molecular weight is 251 g/mol. The second-order valence-corrected chi connectivity index (χ2v) is 6.67. The van der Waals surface area contributed by atoms with Gasteiger partial charge in [0, 0.05) is 25.2 Å². The van der Waals surface area contributed by atoms with E-state index in [4.69, 9.17) is 0 Å². The minimum Gasteiger partial charge on any atom is -0.351 e. The summed E-state index contributed by atoms with van der Waals surface area (Å²) in [6, 6.07) is 1.01. The number of nitrogens with zero attached hydrogens (tertiary/aromatic N) is 1. The molecule has 0 bridgehead atoms. The van der Waals surface area contributed by atoms with Gasteiger partial charge < -0.3 is 10.6 Å². The molecule has 1 aliphatic carbocycles. The SMILES string of the molecule is CC1(CN2CC(=O)NC3CCCCC32)CCNC1. The van der Waals surface area contributed by atoms with Gasteiger partial charge in [-0.1, -0.05) is 19.8 Å². The second kappa shape index (κ2) is 4.82. The predicted molar refractivity (Wildman–Crippen MR) is 71.4 cm³/mol. The molecule has 4 heteroatoms. The molecule has 102 valence electrons. The number of hydrogen-bond acceptors (Lipinski definition) is 3. The van der Waals surface area contributed by atoms with E-state index in [1.54, 1.807) is 0 Å². The maximum atomic E-state index is 11.8. The fraction of sp³-hybridized carbons (Fsp3) is 0.929. The Morgan fingerprint density at radius 1 is 1.39 bits per heavy atom. The molecule has 3 fully saturated rings. The van der Waals surface area contributed by atoms with Crippen molar-refractivity contribution in [1.29, 1.82) is 0 Å². The Hall–Kier alpha value is -0.610. The number of hydrogen-bond donors (Lipinski definition) is 2. The molecule has 0 aromatic rings. The van der Waals surface area contributed by atoms with Gasteiger partial charge in [0.15, 0.2) is 0 Å². The van der Waals surface area contributed by atoms with Gasteiger partial charge in [-0.3, -0.25) is 9.69 Å². The molecule has 1 amide bonds. The van der Waals surface area contributed by atoms with E-state index in [-0.39, 0.29) is 5.91 Å². The highest BCUT2D eigenvalue weighted by Crippen LogP contribution is 2.31. The van der Waals surface area contributed by atoms with Crippen molar-refractivity contribution in [2.75, 3.05) is 26.2 Å². The monoisotopic (exact) mass is 251 g/mol. The van der Waals surface area contributed by atoms with Crippen LogP contribution in [0.2, 0.25) is 0 Å². The van der Waals surface area contributed by atoms with E-state index in [1.807, 2.05) is 0 Å². The third-order valence-corrected chi connectivity index (χ3v) is 4.93. The highest BCUT2D eigenvalue weighted by Gasteiger charge is 2.40. The zero-order valence-corrected chi connectivity index (χ0v) is 11.4. The normalized spacial score (nSPS) is 41.5.